The molecule has 8 heteroatoms. The van der Waals surface area contributed by atoms with Crippen molar-refractivity contribution in [3.63, 3.8) is 0 Å². The van der Waals surface area contributed by atoms with E-state index in [2.05, 4.69) is 28.0 Å². The Hall–Kier alpha value is -4.85. The van der Waals surface area contributed by atoms with Crippen molar-refractivity contribution >= 4 is 17.5 Å². The Morgan fingerprint density at radius 1 is 1.13 bits per heavy atom. The van der Waals surface area contributed by atoms with Crippen LogP contribution >= 0.6 is 0 Å². The van der Waals surface area contributed by atoms with Crippen LogP contribution in [0.5, 0.6) is 5.75 Å². The molecule has 1 aliphatic heterocycles. The molecule has 0 aliphatic carbocycles. The summed E-state index contributed by atoms with van der Waals surface area (Å²) in [6.45, 7) is 9.15. The first-order valence-corrected chi connectivity index (χ1v) is 12.8. The lowest BCUT2D eigenvalue weighted by Crippen LogP contribution is -2.39. The van der Waals surface area contributed by atoms with E-state index in [-0.39, 0.29) is 18.4 Å². The van der Waals surface area contributed by atoms with Crippen LogP contribution < -0.4 is 10.1 Å². The van der Waals surface area contributed by atoms with E-state index in [0.717, 1.165) is 28.2 Å². The van der Waals surface area contributed by atoms with Gasteiger partial charge in [-0.2, -0.15) is 0 Å². The lowest BCUT2D eigenvalue weighted by molar-refractivity contribution is 0.0702. The number of aromatic nitrogens is 3. The molecule has 198 valence electrons. The van der Waals surface area contributed by atoms with Crippen molar-refractivity contribution in [3.8, 4) is 5.75 Å². The number of H-pyrrole nitrogens is 1. The highest BCUT2D eigenvalue weighted by Gasteiger charge is 2.30. The Balaban J connectivity index is 1.46. The molecule has 0 spiro atoms. The van der Waals surface area contributed by atoms with Crippen LogP contribution in [-0.2, 0) is 25.9 Å². The topological polar surface area (TPSA) is 92.3 Å². The number of imidazole rings is 1. The Morgan fingerprint density at radius 2 is 1.95 bits per heavy atom. The summed E-state index contributed by atoms with van der Waals surface area (Å²) in [4.78, 5) is 36.3. The van der Waals surface area contributed by atoms with Crippen molar-refractivity contribution in [1.82, 2.24) is 19.4 Å². The number of methoxy groups -OCH3 is 1. The maximum Gasteiger partial charge on any atom is 0.276 e. The van der Waals surface area contributed by atoms with Gasteiger partial charge in [0.1, 0.15) is 17.3 Å². The summed E-state index contributed by atoms with van der Waals surface area (Å²) in [7, 11) is 1.61. The maximum absolute atomic E-state index is 13.6. The molecule has 0 fully saturated rings. The average Bonchev–Trinajstić information content (AvgIpc) is 3.62. The largest absolute Gasteiger partial charge is 0.496 e. The average molecular weight is 522 g/mol. The summed E-state index contributed by atoms with van der Waals surface area (Å²) in [5.74, 6) is 1.07. The fourth-order valence-electron chi connectivity index (χ4n) is 4.85. The molecule has 8 nitrogen and oxygen atoms in total. The molecule has 39 heavy (non-hydrogen) atoms. The van der Waals surface area contributed by atoms with Crippen molar-refractivity contribution < 1.29 is 14.3 Å². The monoisotopic (exact) mass is 521 g/mol. The number of amides is 2. The number of nitrogens with zero attached hydrogens (tertiary/aromatic N) is 3. The van der Waals surface area contributed by atoms with E-state index in [1.54, 1.807) is 42.5 Å². The van der Waals surface area contributed by atoms with Crippen molar-refractivity contribution in [3.05, 3.63) is 126 Å². The third kappa shape index (κ3) is 5.55. The smallest absolute Gasteiger partial charge is 0.276 e. The molecule has 2 aromatic carbocycles. The Kier molecular flexibility index (Phi) is 7.45. The van der Waals surface area contributed by atoms with Gasteiger partial charge in [0.25, 0.3) is 11.8 Å². The number of hydrogen-bond acceptors (Lipinski definition) is 4. The van der Waals surface area contributed by atoms with Gasteiger partial charge in [0.15, 0.2) is 5.69 Å². The van der Waals surface area contributed by atoms with Crippen LogP contribution in [0, 0.1) is 0 Å². The summed E-state index contributed by atoms with van der Waals surface area (Å²) in [5.41, 5.74) is 5.01. The van der Waals surface area contributed by atoms with Gasteiger partial charge in [-0.05, 0) is 35.9 Å². The fraction of sp³-hybridized carbons (Fsp3) is 0.194. The number of anilines is 1. The lowest BCUT2D eigenvalue weighted by Gasteiger charge is -2.29. The van der Waals surface area contributed by atoms with Gasteiger partial charge in [-0.25, -0.2) is 4.98 Å². The van der Waals surface area contributed by atoms with E-state index in [9.17, 15) is 9.59 Å². The number of carbonyl (C=O) groups is 2. The second-order valence-corrected chi connectivity index (χ2v) is 9.47. The Morgan fingerprint density at radius 3 is 2.67 bits per heavy atom. The highest BCUT2D eigenvalue weighted by Crippen LogP contribution is 2.27. The van der Waals surface area contributed by atoms with E-state index in [1.165, 1.54) is 0 Å². The van der Waals surface area contributed by atoms with Gasteiger partial charge in [0.05, 0.1) is 19.3 Å². The molecule has 2 N–H and O–H groups in total. The Bertz CT molecular complexity index is 1520. The van der Waals surface area contributed by atoms with E-state index < -0.39 is 0 Å². The van der Waals surface area contributed by atoms with Crippen molar-refractivity contribution in [2.75, 3.05) is 19.0 Å². The summed E-state index contributed by atoms with van der Waals surface area (Å²) in [6, 6.07) is 19.1. The number of allylic oxidation sites excluding steroid dienone is 2. The predicted octanol–water partition coefficient (Wildman–Crippen LogP) is 5.00. The second kappa shape index (κ2) is 11.3. The van der Waals surface area contributed by atoms with Crippen LogP contribution in [0.1, 0.15) is 43.6 Å². The first-order chi connectivity index (χ1) is 19.0. The molecule has 2 amide bonds. The number of ether oxygens (including phenoxy) is 1. The van der Waals surface area contributed by atoms with Gasteiger partial charge in [-0.1, -0.05) is 55.1 Å². The maximum atomic E-state index is 13.6. The number of fused-ring (bicyclic) bond motifs is 1. The molecular formula is C31H31N5O3. The number of hydrogen-bond donors (Lipinski definition) is 2. The molecule has 1 aliphatic rings. The third-order valence-corrected chi connectivity index (χ3v) is 6.87. The minimum atomic E-state index is -0.328. The van der Waals surface area contributed by atoms with E-state index in [0.29, 0.717) is 48.8 Å². The van der Waals surface area contributed by atoms with Crippen LogP contribution in [-0.4, -0.2) is 44.9 Å². The SMILES string of the molecule is C=CC(=C)Cc1cc(NC(=O)c2nc(Cc3ccccc3)n3c2CN(C(=O)c2ccc[nH]2)CC3)ccc1OC. The summed E-state index contributed by atoms with van der Waals surface area (Å²) < 4.78 is 7.57. The normalized spacial score (nSPS) is 12.5. The second-order valence-electron chi connectivity index (χ2n) is 9.47. The van der Waals surface area contributed by atoms with Crippen molar-refractivity contribution in [2.45, 2.75) is 25.9 Å². The molecule has 3 heterocycles. The molecule has 2 aromatic heterocycles. The van der Waals surface area contributed by atoms with E-state index >= 15 is 0 Å². The third-order valence-electron chi connectivity index (χ3n) is 6.87. The lowest BCUT2D eigenvalue weighted by atomic mass is 10.0. The van der Waals surface area contributed by atoms with E-state index in [1.807, 2.05) is 42.5 Å². The van der Waals surface area contributed by atoms with Crippen LogP contribution in [0.25, 0.3) is 0 Å². The van der Waals surface area contributed by atoms with Crippen LogP contribution in [0.15, 0.2) is 91.7 Å². The minimum Gasteiger partial charge on any atom is -0.496 e. The highest BCUT2D eigenvalue weighted by atomic mass is 16.5. The predicted molar refractivity (Wildman–Crippen MR) is 151 cm³/mol. The minimum absolute atomic E-state index is 0.106. The molecule has 0 atom stereocenters. The van der Waals surface area contributed by atoms with Crippen LogP contribution in [0.3, 0.4) is 0 Å². The molecule has 4 aromatic rings. The van der Waals surface area contributed by atoms with Crippen molar-refractivity contribution in [2.24, 2.45) is 0 Å². The van der Waals surface area contributed by atoms with Gasteiger partial charge < -0.3 is 24.5 Å². The molecule has 0 unspecified atom stereocenters. The highest BCUT2D eigenvalue weighted by molar-refractivity contribution is 6.04. The van der Waals surface area contributed by atoms with E-state index in [4.69, 9.17) is 9.72 Å². The van der Waals surface area contributed by atoms with Crippen LogP contribution in [0.2, 0.25) is 0 Å². The molecule has 0 saturated carbocycles. The quantitative estimate of drug-likeness (QED) is 0.303. The zero-order valence-corrected chi connectivity index (χ0v) is 21.9. The summed E-state index contributed by atoms with van der Waals surface area (Å²) >= 11 is 0. The number of nitrogens with one attached hydrogen (secondary N) is 2. The Labute approximate surface area is 227 Å². The summed E-state index contributed by atoms with van der Waals surface area (Å²) in [6.07, 6.45) is 4.57. The van der Waals surface area contributed by atoms with Gasteiger partial charge in [-0.15, -0.1) is 0 Å². The molecule has 0 radical (unpaired) electrons. The molecule has 0 saturated heterocycles. The van der Waals surface area contributed by atoms with Gasteiger partial charge in [0.2, 0.25) is 0 Å². The number of aromatic amines is 1. The first-order valence-electron chi connectivity index (χ1n) is 12.8. The standard InChI is InChI=1S/C31H31N5O3/c1-4-21(2)17-23-19-24(12-13-27(23)39-3)33-30(37)29-26-20-35(31(38)25-11-8-14-32-25)15-16-36(26)28(34-29)18-22-9-6-5-7-10-22/h4-14,19,32H,1-2,15-18,20H2,3H3,(H,33,37). The van der Waals surface area contributed by atoms with Crippen molar-refractivity contribution in [1.29, 1.82) is 0 Å². The zero-order valence-electron chi connectivity index (χ0n) is 21.9. The van der Waals surface area contributed by atoms with Crippen LogP contribution in [0.4, 0.5) is 5.69 Å². The first kappa shape index (κ1) is 25.8. The number of rotatable bonds is 9. The fourth-order valence-corrected chi connectivity index (χ4v) is 4.85. The number of benzene rings is 2. The molecule has 5 rings (SSSR count). The molecular weight excluding hydrogens is 490 g/mol. The number of carbonyl (C=O) groups excluding carboxylic acids is 2. The molecule has 0 bridgehead atoms. The summed E-state index contributed by atoms with van der Waals surface area (Å²) in [5, 5.41) is 3.00. The van der Waals surface area contributed by atoms with Gasteiger partial charge in [0, 0.05) is 43.4 Å². The van der Waals surface area contributed by atoms with Gasteiger partial charge in [-0.3, -0.25) is 9.59 Å². The van der Waals surface area contributed by atoms with Gasteiger partial charge >= 0.3 is 0 Å². The zero-order chi connectivity index (χ0) is 27.4.